The molecule has 148 valence electrons. The van der Waals surface area contributed by atoms with Crippen molar-refractivity contribution in [2.75, 3.05) is 7.11 Å². The molecule has 0 spiro atoms. The smallest absolute Gasteiger partial charge is 0.337 e. The quantitative estimate of drug-likeness (QED) is 0.523. The van der Waals surface area contributed by atoms with E-state index in [1.807, 2.05) is 0 Å². The van der Waals surface area contributed by atoms with Crippen LogP contribution in [0, 0.1) is 5.82 Å². The molecule has 3 aromatic carbocycles. The number of hydrogen-bond donors (Lipinski definition) is 1. The molecule has 3 aromatic rings. The molecular formula is C22H17BrFNO4. The first-order valence-electron chi connectivity index (χ1n) is 8.64. The third-order valence-electron chi connectivity index (χ3n) is 4.06. The largest absolute Gasteiger partial charge is 0.465 e. The molecule has 0 unspecified atom stereocenters. The summed E-state index contributed by atoms with van der Waals surface area (Å²) in [6, 6.07) is 17.3. The van der Waals surface area contributed by atoms with Crippen molar-refractivity contribution in [2.24, 2.45) is 0 Å². The minimum atomic E-state index is -0.419. The number of benzene rings is 3. The van der Waals surface area contributed by atoms with Crippen LogP contribution in [0.25, 0.3) is 0 Å². The number of carbonyl (C=O) groups excluding carboxylic acids is 2. The second kappa shape index (κ2) is 9.34. The summed E-state index contributed by atoms with van der Waals surface area (Å²) in [7, 11) is 1.32. The van der Waals surface area contributed by atoms with E-state index in [9.17, 15) is 14.0 Å². The topological polar surface area (TPSA) is 64.6 Å². The summed E-state index contributed by atoms with van der Waals surface area (Å²) in [5.74, 6) is -0.360. The highest BCUT2D eigenvalue weighted by molar-refractivity contribution is 9.10. The minimum absolute atomic E-state index is 0.267. The Bertz CT molecular complexity index is 1020. The number of nitrogens with one attached hydrogen (secondary N) is 1. The van der Waals surface area contributed by atoms with Gasteiger partial charge in [-0.15, -0.1) is 0 Å². The Hall–Kier alpha value is -3.19. The fourth-order valence-corrected chi connectivity index (χ4v) is 2.91. The fraction of sp³-hybridized carbons (Fsp3) is 0.0909. The van der Waals surface area contributed by atoms with Gasteiger partial charge in [0.05, 0.1) is 18.2 Å². The van der Waals surface area contributed by atoms with Crippen LogP contribution >= 0.6 is 15.9 Å². The molecule has 29 heavy (non-hydrogen) atoms. The van der Waals surface area contributed by atoms with Gasteiger partial charge in [-0.2, -0.15) is 0 Å². The SMILES string of the molecule is COC(=O)c1ccc(CNC(=O)c2cc(Br)ccc2Oc2ccc(F)cc2)cc1. The Balaban J connectivity index is 1.72. The lowest BCUT2D eigenvalue weighted by Gasteiger charge is -2.12. The Labute approximate surface area is 175 Å². The van der Waals surface area contributed by atoms with Crippen molar-refractivity contribution in [3.63, 3.8) is 0 Å². The lowest BCUT2D eigenvalue weighted by atomic mass is 10.1. The summed E-state index contributed by atoms with van der Waals surface area (Å²) >= 11 is 3.35. The van der Waals surface area contributed by atoms with E-state index in [-0.39, 0.29) is 18.3 Å². The fourth-order valence-electron chi connectivity index (χ4n) is 2.55. The molecule has 0 aromatic heterocycles. The first-order chi connectivity index (χ1) is 14.0. The van der Waals surface area contributed by atoms with Crippen LogP contribution in [0.3, 0.4) is 0 Å². The number of halogens is 2. The van der Waals surface area contributed by atoms with Gasteiger partial charge in [-0.05, 0) is 60.2 Å². The monoisotopic (exact) mass is 457 g/mol. The van der Waals surface area contributed by atoms with Crippen molar-refractivity contribution >= 4 is 27.8 Å². The number of hydrogen-bond acceptors (Lipinski definition) is 4. The van der Waals surface area contributed by atoms with Crippen LogP contribution in [-0.2, 0) is 11.3 Å². The van der Waals surface area contributed by atoms with Gasteiger partial charge >= 0.3 is 5.97 Å². The highest BCUT2D eigenvalue weighted by Crippen LogP contribution is 2.28. The third kappa shape index (κ3) is 5.42. The van der Waals surface area contributed by atoms with Gasteiger partial charge in [0.25, 0.3) is 5.91 Å². The van der Waals surface area contributed by atoms with E-state index in [4.69, 9.17) is 4.74 Å². The lowest BCUT2D eigenvalue weighted by Crippen LogP contribution is -2.23. The van der Waals surface area contributed by atoms with Crippen molar-refractivity contribution < 1.29 is 23.5 Å². The average Bonchev–Trinajstić information content (AvgIpc) is 2.74. The Morgan fingerprint density at radius 1 is 1.00 bits per heavy atom. The van der Waals surface area contributed by atoms with Gasteiger partial charge in [-0.1, -0.05) is 28.1 Å². The third-order valence-corrected chi connectivity index (χ3v) is 4.55. The molecule has 0 aliphatic carbocycles. The van der Waals surface area contributed by atoms with Gasteiger partial charge in [-0.3, -0.25) is 4.79 Å². The summed E-state index contributed by atoms with van der Waals surface area (Å²) in [4.78, 5) is 24.2. The Morgan fingerprint density at radius 3 is 2.34 bits per heavy atom. The van der Waals surface area contributed by atoms with E-state index in [2.05, 4.69) is 26.0 Å². The normalized spacial score (nSPS) is 10.3. The maximum Gasteiger partial charge on any atom is 0.337 e. The van der Waals surface area contributed by atoms with Gasteiger partial charge in [-0.25, -0.2) is 9.18 Å². The van der Waals surface area contributed by atoms with Crippen LogP contribution in [0.5, 0.6) is 11.5 Å². The maximum atomic E-state index is 13.1. The van der Waals surface area contributed by atoms with Crippen LogP contribution in [0.1, 0.15) is 26.3 Å². The van der Waals surface area contributed by atoms with Crippen LogP contribution in [0.2, 0.25) is 0 Å². The van der Waals surface area contributed by atoms with Crippen LogP contribution in [-0.4, -0.2) is 19.0 Å². The number of methoxy groups -OCH3 is 1. The molecule has 5 nitrogen and oxygen atoms in total. The number of amides is 1. The molecular weight excluding hydrogens is 441 g/mol. The summed E-state index contributed by atoms with van der Waals surface area (Å²) in [6.07, 6.45) is 0. The zero-order valence-corrected chi connectivity index (χ0v) is 17.0. The predicted octanol–water partition coefficient (Wildman–Crippen LogP) is 5.10. The number of carbonyl (C=O) groups is 2. The zero-order valence-electron chi connectivity index (χ0n) is 15.4. The van der Waals surface area contributed by atoms with E-state index in [0.29, 0.717) is 22.6 Å². The molecule has 0 bridgehead atoms. The molecule has 0 saturated carbocycles. The van der Waals surface area contributed by atoms with Gasteiger partial charge < -0.3 is 14.8 Å². The molecule has 0 radical (unpaired) electrons. The van der Waals surface area contributed by atoms with Crippen molar-refractivity contribution in [2.45, 2.75) is 6.54 Å². The molecule has 0 heterocycles. The molecule has 1 N–H and O–H groups in total. The molecule has 7 heteroatoms. The Kier molecular flexibility index (Phi) is 6.61. The molecule has 0 aliphatic heterocycles. The molecule has 0 saturated heterocycles. The Morgan fingerprint density at radius 2 is 1.69 bits per heavy atom. The van der Waals surface area contributed by atoms with E-state index in [0.717, 1.165) is 10.0 Å². The first kappa shape index (κ1) is 20.5. The molecule has 3 rings (SSSR count). The summed E-state index contributed by atoms with van der Waals surface area (Å²) in [5, 5.41) is 2.82. The van der Waals surface area contributed by atoms with Crippen LogP contribution in [0.4, 0.5) is 4.39 Å². The molecule has 0 atom stereocenters. The second-order valence-corrected chi connectivity index (χ2v) is 6.98. The van der Waals surface area contributed by atoms with Gasteiger partial charge in [0.2, 0.25) is 0 Å². The van der Waals surface area contributed by atoms with Gasteiger partial charge in [0.15, 0.2) is 0 Å². The summed E-state index contributed by atoms with van der Waals surface area (Å²) in [5.41, 5.74) is 1.58. The van der Waals surface area contributed by atoms with Gasteiger partial charge in [0, 0.05) is 11.0 Å². The number of ether oxygens (including phenoxy) is 2. The van der Waals surface area contributed by atoms with Crippen molar-refractivity contribution in [3.8, 4) is 11.5 Å². The highest BCUT2D eigenvalue weighted by Gasteiger charge is 2.14. The maximum absolute atomic E-state index is 13.1. The summed E-state index contributed by atoms with van der Waals surface area (Å²) < 4.78 is 24.2. The predicted molar refractivity (Wildman–Crippen MR) is 110 cm³/mol. The number of esters is 1. The van der Waals surface area contributed by atoms with Gasteiger partial charge in [0.1, 0.15) is 17.3 Å². The number of rotatable bonds is 6. The minimum Gasteiger partial charge on any atom is -0.465 e. The molecule has 0 aliphatic rings. The average molecular weight is 458 g/mol. The van der Waals surface area contributed by atoms with Crippen molar-refractivity contribution in [1.29, 1.82) is 0 Å². The summed E-state index contributed by atoms with van der Waals surface area (Å²) in [6.45, 7) is 0.267. The standard InChI is InChI=1S/C22H17BrFNO4/c1-28-22(27)15-4-2-14(3-5-15)13-25-21(26)19-12-16(23)6-11-20(19)29-18-9-7-17(24)8-10-18/h2-12H,13H2,1H3,(H,25,26). The van der Waals surface area contributed by atoms with E-state index in [1.165, 1.54) is 31.4 Å². The van der Waals surface area contributed by atoms with E-state index in [1.54, 1.807) is 42.5 Å². The lowest BCUT2D eigenvalue weighted by molar-refractivity contribution is 0.0600. The van der Waals surface area contributed by atoms with Crippen LogP contribution in [0.15, 0.2) is 71.2 Å². The second-order valence-electron chi connectivity index (χ2n) is 6.07. The highest BCUT2D eigenvalue weighted by atomic mass is 79.9. The van der Waals surface area contributed by atoms with E-state index >= 15 is 0 Å². The molecule has 0 fully saturated rings. The van der Waals surface area contributed by atoms with Crippen molar-refractivity contribution in [1.82, 2.24) is 5.32 Å². The van der Waals surface area contributed by atoms with Crippen LogP contribution < -0.4 is 10.1 Å². The molecule has 1 amide bonds. The first-order valence-corrected chi connectivity index (χ1v) is 9.44. The van der Waals surface area contributed by atoms with E-state index < -0.39 is 5.97 Å². The van der Waals surface area contributed by atoms with Crippen molar-refractivity contribution in [3.05, 3.63) is 93.7 Å². The zero-order chi connectivity index (χ0) is 20.8.